The van der Waals surface area contributed by atoms with Gasteiger partial charge in [-0.1, -0.05) is 19.9 Å². The molecule has 1 atom stereocenters. The number of amides is 2. The van der Waals surface area contributed by atoms with Gasteiger partial charge in [-0.2, -0.15) is 13.2 Å². The summed E-state index contributed by atoms with van der Waals surface area (Å²) in [4.78, 5) is 35.8. The van der Waals surface area contributed by atoms with Crippen molar-refractivity contribution in [1.82, 2.24) is 5.32 Å². The predicted octanol–water partition coefficient (Wildman–Crippen LogP) is 2.63. The molecule has 25 heavy (non-hydrogen) atoms. The number of nitrogens with zero attached hydrogens (tertiary/aromatic N) is 1. The minimum atomic E-state index is -4.65. The molecule has 1 aromatic rings. The summed E-state index contributed by atoms with van der Waals surface area (Å²) >= 11 is 0. The summed E-state index contributed by atoms with van der Waals surface area (Å²) in [7, 11) is 0. The molecular formula is C16H19F3N2O4. The Morgan fingerprint density at radius 3 is 2.28 bits per heavy atom. The summed E-state index contributed by atoms with van der Waals surface area (Å²) in [5.41, 5.74) is -1.31. The highest BCUT2D eigenvalue weighted by molar-refractivity contribution is 5.99. The Hall–Kier alpha value is -2.58. The third-order valence-electron chi connectivity index (χ3n) is 3.17. The van der Waals surface area contributed by atoms with Gasteiger partial charge in [-0.25, -0.2) is 4.79 Å². The fourth-order valence-electron chi connectivity index (χ4n) is 2.16. The summed E-state index contributed by atoms with van der Waals surface area (Å²) in [6, 6.07) is 3.69. The van der Waals surface area contributed by atoms with Gasteiger partial charge in [-0.15, -0.1) is 0 Å². The molecule has 1 aromatic carbocycles. The molecule has 0 heterocycles. The number of hydrogen-bond donors (Lipinski definition) is 2. The molecular weight excluding hydrogens is 341 g/mol. The summed E-state index contributed by atoms with van der Waals surface area (Å²) in [6.07, 6.45) is -6.46. The van der Waals surface area contributed by atoms with E-state index in [4.69, 9.17) is 0 Å². The van der Waals surface area contributed by atoms with Crippen molar-refractivity contribution in [3.63, 3.8) is 0 Å². The van der Waals surface area contributed by atoms with Gasteiger partial charge in [0.2, 0.25) is 18.0 Å². The van der Waals surface area contributed by atoms with Gasteiger partial charge in [0.1, 0.15) is 0 Å². The average Bonchev–Trinajstić information content (AvgIpc) is 2.44. The van der Waals surface area contributed by atoms with E-state index < -0.39 is 35.7 Å². The first kappa shape index (κ1) is 20.5. The van der Waals surface area contributed by atoms with Gasteiger partial charge in [0.25, 0.3) is 0 Å². The Morgan fingerprint density at radius 1 is 1.24 bits per heavy atom. The van der Waals surface area contributed by atoms with E-state index in [1.165, 1.54) is 6.07 Å². The second kappa shape index (κ2) is 8.00. The van der Waals surface area contributed by atoms with Crippen molar-refractivity contribution >= 4 is 23.5 Å². The summed E-state index contributed by atoms with van der Waals surface area (Å²) in [5.74, 6) is -3.07. The van der Waals surface area contributed by atoms with Crippen molar-refractivity contribution in [2.75, 3.05) is 4.90 Å². The quantitative estimate of drug-likeness (QED) is 0.764. The van der Waals surface area contributed by atoms with Crippen LogP contribution in [0.25, 0.3) is 0 Å². The standard InChI is InChI=1S/C16H19F3N2O4/c1-9(2)7-13(23)20-14(15(24)25)21(10(3)22)12-6-4-5-11(8-12)16(17,18)19/h4-6,8-9,14H,7H2,1-3H3,(H,20,23)(H,24,25). The molecule has 0 spiro atoms. The Kier molecular flexibility index (Phi) is 6.55. The Bertz CT molecular complexity index is 659. The average molecular weight is 360 g/mol. The lowest BCUT2D eigenvalue weighted by Gasteiger charge is -2.29. The summed E-state index contributed by atoms with van der Waals surface area (Å²) in [6.45, 7) is 4.49. The first-order valence-electron chi connectivity index (χ1n) is 7.42. The van der Waals surface area contributed by atoms with E-state index in [-0.39, 0.29) is 18.0 Å². The van der Waals surface area contributed by atoms with Crippen molar-refractivity contribution in [2.45, 2.75) is 39.5 Å². The van der Waals surface area contributed by atoms with Crippen LogP contribution in [0.3, 0.4) is 0 Å². The minimum Gasteiger partial charge on any atom is -0.478 e. The first-order valence-corrected chi connectivity index (χ1v) is 7.42. The van der Waals surface area contributed by atoms with Gasteiger partial charge in [-0.05, 0) is 24.1 Å². The molecule has 0 fully saturated rings. The Morgan fingerprint density at radius 2 is 1.84 bits per heavy atom. The predicted molar refractivity (Wildman–Crippen MR) is 83.6 cm³/mol. The van der Waals surface area contributed by atoms with E-state index in [0.29, 0.717) is 11.0 Å². The number of carbonyl (C=O) groups is 3. The van der Waals surface area contributed by atoms with E-state index in [1.807, 2.05) is 0 Å². The van der Waals surface area contributed by atoms with E-state index in [1.54, 1.807) is 13.8 Å². The molecule has 0 aliphatic heterocycles. The Balaban J connectivity index is 3.25. The highest BCUT2D eigenvalue weighted by Gasteiger charge is 2.34. The molecule has 0 aliphatic rings. The Labute approximate surface area is 142 Å². The number of benzene rings is 1. The summed E-state index contributed by atoms with van der Waals surface area (Å²) < 4.78 is 38.6. The third-order valence-corrected chi connectivity index (χ3v) is 3.17. The van der Waals surface area contributed by atoms with Gasteiger partial charge in [-0.3, -0.25) is 14.5 Å². The monoisotopic (exact) mass is 360 g/mol. The maximum atomic E-state index is 12.9. The second-order valence-electron chi connectivity index (χ2n) is 5.84. The van der Waals surface area contributed by atoms with Gasteiger partial charge in [0.15, 0.2) is 0 Å². The number of hydrogen-bond acceptors (Lipinski definition) is 3. The molecule has 0 saturated heterocycles. The van der Waals surface area contributed by atoms with Gasteiger partial charge >= 0.3 is 12.1 Å². The molecule has 0 saturated carbocycles. The number of carboxylic acid groups (broad SMARTS) is 1. The number of carbonyl (C=O) groups excluding carboxylic acids is 2. The summed E-state index contributed by atoms with van der Waals surface area (Å²) in [5, 5.41) is 11.5. The molecule has 1 rings (SSSR count). The van der Waals surface area contributed by atoms with Crippen LogP contribution in [0.5, 0.6) is 0 Å². The van der Waals surface area contributed by atoms with Crippen LogP contribution in [-0.4, -0.2) is 29.1 Å². The number of rotatable bonds is 6. The SMILES string of the molecule is CC(=O)N(c1cccc(C(F)(F)F)c1)C(NC(=O)CC(C)C)C(=O)O. The minimum absolute atomic E-state index is 0.0120. The van der Waals surface area contributed by atoms with Crippen LogP contribution in [0, 0.1) is 5.92 Å². The van der Waals surface area contributed by atoms with Crippen LogP contribution in [0.15, 0.2) is 24.3 Å². The van der Waals surface area contributed by atoms with E-state index in [0.717, 1.165) is 19.1 Å². The topological polar surface area (TPSA) is 86.7 Å². The maximum Gasteiger partial charge on any atom is 0.416 e. The second-order valence-corrected chi connectivity index (χ2v) is 5.84. The van der Waals surface area contributed by atoms with Crippen molar-refractivity contribution in [2.24, 2.45) is 5.92 Å². The molecule has 6 nitrogen and oxygen atoms in total. The number of carboxylic acids is 1. The van der Waals surface area contributed by atoms with Crippen LogP contribution in [0.1, 0.15) is 32.8 Å². The van der Waals surface area contributed by atoms with Crippen LogP contribution in [0.4, 0.5) is 18.9 Å². The lowest BCUT2D eigenvalue weighted by atomic mass is 10.1. The number of halogens is 3. The van der Waals surface area contributed by atoms with Gasteiger partial charge in [0, 0.05) is 19.0 Å². The van der Waals surface area contributed by atoms with E-state index >= 15 is 0 Å². The number of nitrogens with one attached hydrogen (secondary N) is 1. The normalized spacial score (nSPS) is 12.6. The number of anilines is 1. The van der Waals surface area contributed by atoms with Crippen molar-refractivity contribution in [1.29, 1.82) is 0 Å². The zero-order valence-electron chi connectivity index (χ0n) is 13.9. The smallest absolute Gasteiger partial charge is 0.416 e. The van der Waals surface area contributed by atoms with E-state index in [9.17, 15) is 32.7 Å². The van der Waals surface area contributed by atoms with Crippen LogP contribution < -0.4 is 10.2 Å². The zero-order chi connectivity index (χ0) is 19.4. The molecule has 9 heteroatoms. The van der Waals surface area contributed by atoms with Crippen molar-refractivity contribution < 1.29 is 32.7 Å². The van der Waals surface area contributed by atoms with Gasteiger partial charge < -0.3 is 10.4 Å². The molecule has 2 N–H and O–H groups in total. The molecule has 0 bridgehead atoms. The number of aliphatic carboxylic acids is 1. The van der Waals surface area contributed by atoms with E-state index in [2.05, 4.69) is 5.32 Å². The highest BCUT2D eigenvalue weighted by atomic mass is 19.4. The van der Waals surface area contributed by atoms with Gasteiger partial charge in [0.05, 0.1) is 5.56 Å². The highest BCUT2D eigenvalue weighted by Crippen LogP contribution is 2.32. The van der Waals surface area contributed by atoms with Crippen molar-refractivity contribution in [3.05, 3.63) is 29.8 Å². The third kappa shape index (κ3) is 5.77. The van der Waals surface area contributed by atoms with Crippen LogP contribution in [0.2, 0.25) is 0 Å². The molecule has 0 radical (unpaired) electrons. The van der Waals surface area contributed by atoms with Crippen molar-refractivity contribution in [3.8, 4) is 0 Å². The molecule has 138 valence electrons. The molecule has 2 amide bonds. The maximum absolute atomic E-state index is 12.9. The molecule has 0 aliphatic carbocycles. The largest absolute Gasteiger partial charge is 0.478 e. The molecule has 0 aromatic heterocycles. The fraction of sp³-hybridized carbons (Fsp3) is 0.438. The van der Waals surface area contributed by atoms with Crippen LogP contribution >= 0.6 is 0 Å². The van der Waals surface area contributed by atoms with Crippen LogP contribution in [-0.2, 0) is 20.6 Å². The number of alkyl halides is 3. The lowest BCUT2D eigenvalue weighted by molar-refractivity contribution is -0.143. The fourth-order valence-corrected chi connectivity index (χ4v) is 2.16. The molecule has 1 unspecified atom stereocenters. The lowest BCUT2D eigenvalue weighted by Crippen LogP contribution is -2.55. The first-order chi connectivity index (χ1) is 11.4. The zero-order valence-corrected chi connectivity index (χ0v) is 13.9.